The summed E-state index contributed by atoms with van der Waals surface area (Å²) < 4.78 is 27.9. The van der Waals surface area contributed by atoms with Crippen LogP contribution >= 0.6 is 22.9 Å². The third-order valence-electron chi connectivity index (χ3n) is 4.81. The van der Waals surface area contributed by atoms with Crippen LogP contribution in [0, 0.1) is 0 Å². The number of sulfonamides is 1. The summed E-state index contributed by atoms with van der Waals surface area (Å²) in [7, 11) is -3.48. The largest absolute Gasteiger partial charge is 0.321 e. The number of carbonyl (C=O) groups is 1. The van der Waals surface area contributed by atoms with Crippen LogP contribution in [0.3, 0.4) is 0 Å². The topological polar surface area (TPSA) is 66.5 Å². The second-order valence-corrected chi connectivity index (χ2v) is 10.1. The number of anilines is 1. The summed E-state index contributed by atoms with van der Waals surface area (Å²) in [5.41, 5.74) is 0.524. The molecule has 0 bridgehead atoms. The first kappa shape index (κ1) is 19.4. The van der Waals surface area contributed by atoms with Crippen LogP contribution in [0.1, 0.15) is 28.9 Å². The van der Waals surface area contributed by atoms with Crippen LogP contribution in [0.15, 0.2) is 53.4 Å². The van der Waals surface area contributed by atoms with Gasteiger partial charge in [0.25, 0.3) is 5.91 Å². The third kappa shape index (κ3) is 3.67. The second-order valence-electron chi connectivity index (χ2n) is 6.68. The van der Waals surface area contributed by atoms with Crippen molar-refractivity contribution in [3.8, 4) is 0 Å². The lowest BCUT2D eigenvalue weighted by atomic mass is 10.2. The molecule has 0 spiro atoms. The lowest BCUT2D eigenvalue weighted by Gasteiger charge is -2.25. The molecule has 0 unspecified atom stereocenters. The van der Waals surface area contributed by atoms with Crippen LogP contribution in [0.25, 0.3) is 10.1 Å². The quantitative estimate of drug-likeness (QED) is 0.629. The summed E-state index contributed by atoms with van der Waals surface area (Å²) >= 11 is 7.68. The van der Waals surface area contributed by atoms with E-state index in [1.54, 1.807) is 12.1 Å². The van der Waals surface area contributed by atoms with Gasteiger partial charge >= 0.3 is 0 Å². The number of benzene rings is 2. The highest BCUT2D eigenvalue weighted by atomic mass is 35.5. The van der Waals surface area contributed by atoms with Crippen LogP contribution in [0.4, 0.5) is 5.69 Å². The van der Waals surface area contributed by atoms with Crippen molar-refractivity contribution in [3.63, 3.8) is 0 Å². The fourth-order valence-electron chi connectivity index (χ4n) is 3.31. The Kier molecular flexibility index (Phi) is 5.42. The van der Waals surface area contributed by atoms with Crippen molar-refractivity contribution in [3.05, 3.63) is 58.4 Å². The highest BCUT2D eigenvalue weighted by molar-refractivity contribution is 7.89. The molecule has 0 atom stereocenters. The average Bonchev–Trinajstić information content (AvgIpc) is 3.06. The number of hydrogen-bond acceptors (Lipinski definition) is 4. The van der Waals surface area contributed by atoms with E-state index in [1.807, 2.05) is 24.3 Å². The zero-order valence-electron chi connectivity index (χ0n) is 15.0. The highest BCUT2D eigenvalue weighted by Crippen LogP contribution is 2.35. The fourth-order valence-corrected chi connectivity index (χ4v) is 6.24. The maximum atomic E-state index is 12.7. The molecule has 1 fully saturated rings. The molecular formula is C20H19ClN2O3S2. The van der Waals surface area contributed by atoms with E-state index >= 15 is 0 Å². The number of halogens is 1. The van der Waals surface area contributed by atoms with Gasteiger partial charge in [0.1, 0.15) is 4.88 Å². The van der Waals surface area contributed by atoms with Gasteiger partial charge in [0.15, 0.2) is 0 Å². The molecule has 2 heterocycles. The Morgan fingerprint density at radius 2 is 1.68 bits per heavy atom. The van der Waals surface area contributed by atoms with Gasteiger partial charge in [0, 0.05) is 28.9 Å². The maximum absolute atomic E-state index is 12.7. The minimum atomic E-state index is -3.48. The number of hydrogen-bond donors (Lipinski definition) is 1. The average molecular weight is 435 g/mol. The van der Waals surface area contributed by atoms with E-state index in [4.69, 9.17) is 11.6 Å². The molecule has 0 aliphatic carbocycles. The molecule has 0 saturated carbocycles. The smallest absolute Gasteiger partial charge is 0.267 e. The number of nitrogens with zero attached hydrogens (tertiary/aromatic N) is 1. The van der Waals surface area contributed by atoms with E-state index in [9.17, 15) is 13.2 Å². The van der Waals surface area contributed by atoms with Crippen LogP contribution in [0.2, 0.25) is 5.02 Å². The zero-order chi connectivity index (χ0) is 19.7. The Bertz CT molecular complexity index is 1120. The van der Waals surface area contributed by atoms with Gasteiger partial charge in [-0.3, -0.25) is 4.79 Å². The maximum Gasteiger partial charge on any atom is 0.267 e. The molecule has 0 radical (unpaired) electrons. The van der Waals surface area contributed by atoms with E-state index in [2.05, 4.69) is 5.32 Å². The Hall–Kier alpha value is -1.93. The number of thiophene rings is 1. The van der Waals surface area contributed by atoms with Gasteiger partial charge in [-0.05, 0) is 43.2 Å². The molecule has 1 N–H and O–H groups in total. The molecule has 5 nitrogen and oxygen atoms in total. The third-order valence-corrected chi connectivity index (χ3v) is 8.39. The molecular weight excluding hydrogens is 416 g/mol. The van der Waals surface area contributed by atoms with Gasteiger partial charge in [-0.2, -0.15) is 4.31 Å². The summed E-state index contributed by atoms with van der Waals surface area (Å²) in [6.07, 6.45) is 2.85. The Morgan fingerprint density at radius 3 is 2.36 bits per heavy atom. The van der Waals surface area contributed by atoms with Crippen molar-refractivity contribution in [2.45, 2.75) is 24.2 Å². The van der Waals surface area contributed by atoms with Gasteiger partial charge < -0.3 is 5.32 Å². The van der Waals surface area contributed by atoms with Crippen LogP contribution < -0.4 is 5.32 Å². The molecule has 28 heavy (non-hydrogen) atoms. The predicted molar refractivity (Wildman–Crippen MR) is 114 cm³/mol. The van der Waals surface area contributed by atoms with E-state index in [-0.39, 0.29) is 10.8 Å². The summed E-state index contributed by atoms with van der Waals surface area (Å²) in [5, 5.41) is 4.08. The van der Waals surface area contributed by atoms with Crippen LogP contribution in [0.5, 0.6) is 0 Å². The van der Waals surface area contributed by atoms with E-state index in [1.165, 1.54) is 27.8 Å². The Labute approximate surface area is 173 Å². The first-order chi connectivity index (χ1) is 13.5. The van der Waals surface area contributed by atoms with E-state index < -0.39 is 10.0 Å². The standard InChI is InChI=1S/C20H19ClN2O3S2/c21-18-16-6-2-3-7-17(16)27-19(18)20(24)22-14-8-10-15(11-9-14)28(25,26)23-12-4-1-5-13-23/h2-3,6-11H,1,4-5,12-13H2,(H,22,24). The summed E-state index contributed by atoms with van der Waals surface area (Å²) in [6, 6.07) is 13.9. The van der Waals surface area contributed by atoms with Crippen molar-refractivity contribution in [1.29, 1.82) is 0 Å². The van der Waals surface area contributed by atoms with Crippen LogP contribution in [-0.2, 0) is 10.0 Å². The van der Waals surface area contributed by atoms with E-state index in [0.717, 1.165) is 29.3 Å². The zero-order valence-corrected chi connectivity index (χ0v) is 17.4. The van der Waals surface area contributed by atoms with Gasteiger partial charge in [-0.25, -0.2) is 8.42 Å². The first-order valence-electron chi connectivity index (χ1n) is 9.05. The van der Waals surface area contributed by atoms with E-state index in [0.29, 0.717) is 28.7 Å². The first-order valence-corrected chi connectivity index (χ1v) is 11.7. The molecule has 2 aromatic carbocycles. The van der Waals surface area contributed by atoms with Gasteiger partial charge in [0.2, 0.25) is 10.0 Å². The van der Waals surface area contributed by atoms with Crippen molar-refractivity contribution in [2.24, 2.45) is 0 Å². The molecule has 3 aromatic rings. The molecule has 1 amide bonds. The molecule has 146 valence electrons. The summed E-state index contributed by atoms with van der Waals surface area (Å²) in [5.74, 6) is -0.308. The lowest BCUT2D eigenvalue weighted by molar-refractivity contribution is 0.103. The van der Waals surface area contributed by atoms with Gasteiger partial charge in [0.05, 0.1) is 9.92 Å². The SMILES string of the molecule is O=C(Nc1ccc(S(=O)(=O)N2CCCCC2)cc1)c1sc2ccccc2c1Cl. The highest BCUT2D eigenvalue weighted by Gasteiger charge is 2.26. The Balaban J connectivity index is 1.52. The van der Waals surface area contributed by atoms with Gasteiger partial charge in [-0.15, -0.1) is 11.3 Å². The molecule has 4 rings (SSSR count). The molecule has 8 heteroatoms. The number of fused-ring (bicyclic) bond motifs is 1. The van der Waals surface area contributed by atoms with Crippen LogP contribution in [-0.4, -0.2) is 31.7 Å². The van der Waals surface area contributed by atoms with Crippen molar-refractivity contribution < 1.29 is 13.2 Å². The Morgan fingerprint density at radius 1 is 1.00 bits per heavy atom. The monoisotopic (exact) mass is 434 g/mol. The minimum Gasteiger partial charge on any atom is -0.321 e. The number of rotatable bonds is 4. The second kappa shape index (κ2) is 7.83. The molecule has 1 aliphatic rings. The van der Waals surface area contributed by atoms with Crippen molar-refractivity contribution in [2.75, 3.05) is 18.4 Å². The molecule has 1 saturated heterocycles. The number of piperidine rings is 1. The number of carbonyl (C=O) groups excluding carboxylic acids is 1. The van der Waals surface area contributed by atoms with Crippen molar-refractivity contribution in [1.82, 2.24) is 4.31 Å². The van der Waals surface area contributed by atoms with Gasteiger partial charge in [-0.1, -0.05) is 36.2 Å². The summed E-state index contributed by atoms with van der Waals surface area (Å²) in [6.45, 7) is 1.12. The molecule has 1 aliphatic heterocycles. The minimum absolute atomic E-state index is 0.243. The number of nitrogens with one attached hydrogen (secondary N) is 1. The molecule has 1 aromatic heterocycles. The lowest BCUT2D eigenvalue weighted by Crippen LogP contribution is -2.35. The fraction of sp³-hybridized carbons (Fsp3) is 0.250. The summed E-state index contributed by atoms with van der Waals surface area (Å²) in [4.78, 5) is 13.3. The number of amides is 1. The predicted octanol–water partition coefficient (Wildman–Crippen LogP) is 4.98. The normalized spacial score (nSPS) is 15.6. The van der Waals surface area contributed by atoms with Crippen molar-refractivity contribution >= 4 is 54.6 Å².